The van der Waals surface area contributed by atoms with Crippen molar-refractivity contribution in [3.8, 4) is 0 Å². The summed E-state index contributed by atoms with van der Waals surface area (Å²) in [4.78, 5) is 3.71. The van der Waals surface area contributed by atoms with Crippen molar-refractivity contribution in [2.45, 2.75) is 5.92 Å². The zero-order valence-electron chi connectivity index (χ0n) is 7.19. The first-order valence-corrected chi connectivity index (χ1v) is 4.06. The van der Waals surface area contributed by atoms with Gasteiger partial charge in [-0.15, -0.1) is 0 Å². The number of rotatable bonds is 2. The second-order valence-corrected chi connectivity index (χ2v) is 2.95. The van der Waals surface area contributed by atoms with Crippen molar-refractivity contribution >= 4 is 5.65 Å². The Kier molecular flexibility index (Phi) is 1.96. The number of aromatic nitrogens is 2. The van der Waals surface area contributed by atoms with E-state index in [1.165, 1.54) is 10.6 Å². The summed E-state index contributed by atoms with van der Waals surface area (Å²) in [5, 5.41) is 8.47. The predicted octanol–water partition coefficient (Wildman–Crippen LogP) is 1.42. The molecule has 0 fully saturated rings. The Labute approximate surface area is 78.6 Å². The van der Waals surface area contributed by atoms with E-state index in [2.05, 4.69) is 4.98 Å². The average molecular weight is 198 g/mol. The molecule has 2 heterocycles. The number of halogens is 2. The van der Waals surface area contributed by atoms with E-state index < -0.39 is 18.2 Å². The second kappa shape index (κ2) is 3.02. The summed E-state index contributed by atoms with van der Waals surface area (Å²) in [5.74, 6) is -3.27. The van der Waals surface area contributed by atoms with Crippen molar-refractivity contribution in [1.29, 1.82) is 0 Å². The highest BCUT2D eigenvalue weighted by molar-refractivity contribution is 5.40. The highest BCUT2D eigenvalue weighted by Crippen LogP contribution is 2.26. The molecule has 0 bridgehead atoms. The van der Waals surface area contributed by atoms with Gasteiger partial charge in [-0.2, -0.15) is 8.78 Å². The third-order valence-electron chi connectivity index (χ3n) is 1.94. The number of pyridine rings is 1. The molecule has 0 unspecified atom stereocenters. The number of alkyl halides is 2. The fraction of sp³-hybridized carbons (Fsp3) is 0.222. The number of hydrogen-bond donors (Lipinski definition) is 1. The van der Waals surface area contributed by atoms with E-state index in [-0.39, 0.29) is 0 Å². The van der Waals surface area contributed by atoms with E-state index in [0.29, 0.717) is 5.65 Å². The lowest BCUT2D eigenvalue weighted by Crippen LogP contribution is -2.18. The molecule has 0 atom stereocenters. The van der Waals surface area contributed by atoms with Crippen LogP contribution in [0.1, 0.15) is 5.69 Å². The minimum Gasteiger partial charge on any atom is -0.390 e. The van der Waals surface area contributed by atoms with E-state index in [1.54, 1.807) is 24.4 Å². The molecule has 2 rings (SSSR count). The third kappa shape index (κ3) is 1.35. The zero-order valence-corrected chi connectivity index (χ0v) is 7.19. The van der Waals surface area contributed by atoms with Gasteiger partial charge in [-0.25, -0.2) is 4.98 Å². The molecule has 0 aliphatic heterocycles. The van der Waals surface area contributed by atoms with Crippen LogP contribution in [0.4, 0.5) is 8.78 Å². The van der Waals surface area contributed by atoms with Gasteiger partial charge < -0.3 is 9.51 Å². The Hall–Kier alpha value is -1.49. The van der Waals surface area contributed by atoms with E-state index in [0.717, 1.165) is 0 Å². The lowest BCUT2D eigenvalue weighted by Gasteiger charge is -2.08. The van der Waals surface area contributed by atoms with E-state index in [4.69, 9.17) is 5.11 Å². The molecule has 5 heteroatoms. The molecule has 0 aromatic carbocycles. The van der Waals surface area contributed by atoms with Gasteiger partial charge in [-0.1, -0.05) is 6.07 Å². The summed E-state index contributed by atoms with van der Waals surface area (Å²) in [6, 6.07) is 5.05. The first kappa shape index (κ1) is 9.08. The minimum absolute atomic E-state index is 0.411. The Balaban J connectivity index is 2.55. The number of imidazole rings is 1. The van der Waals surface area contributed by atoms with Crippen LogP contribution in [-0.4, -0.2) is 21.1 Å². The summed E-state index contributed by atoms with van der Waals surface area (Å²) < 4.78 is 27.5. The highest BCUT2D eigenvalue weighted by Gasteiger charge is 2.33. The van der Waals surface area contributed by atoms with Crippen LogP contribution in [0.15, 0.2) is 30.6 Å². The van der Waals surface area contributed by atoms with Crippen molar-refractivity contribution in [1.82, 2.24) is 9.38 Å². The molecule has 0 aliphatic rings. The molecule has 2 aromatic heterocycles. The topological polar surface area (TPSA) is 37.5 Å². The molecule has 0 amide bonds. The number of fused-ring (bicyclic) bond motifs is 1. The maximum Gasteiger partial charge on any atom is 0.313 e. The molecule has 0 radical (unpaired) electrons. The molecule has 2 aromatic rings. The van der Waals surface area contributed by atoms with Gasteiger partial charge in [0.25, 0.3) is 0 Å². The summed E-state index contributed by atoms with van der Waals surface area (Å²) in [7, 11) is 0. The SMILES string of the molecule is OCC(F)(F)c1cn2ccccc2n1. The van der Waals surface area contributed by atoms with Gasteiger partial charge in [0.05, 0.1) is 0 Å². The van der Waals surface area contributed by atoms with Crippen LogP contribution in [0.5, 0.6) is 0 Å². The van der Waals surface area contributed by atoms with Gasteiger partial charge in [0.1, 0.15) is 17.9 Å². The van der Waals surface area contributed by atoms with Crippen molar-refractivity contribution in [2.24, 2.45) is 0 Å². The maximum absolute atomic E-state index is 13.0. The summed E-state index contributed by atoms with van der Waals surface area (Å²) in [6.45, 7) is -1.23. The number of aliphatic hydroxyl groups is 1. The predicted molar refractivity (Wildman–Crippen MR) is 46.2 cm³/mol. The van der Waals surface area contributed by atoms with Gasteiger partial charge in [0, 0.05) is 12.4 Å². The molecule has 14 heavy (non-hydrogen) atoms. The van der Waals surface area contributed by atoms with E-state index >= 15 is 0 Å². The number of nitrogens with zero attached hydrogens (tertiary/aromatic N) is 2. The molecule has 0 saturated carbocycles. The van der Waals surface area contributed by atoms with Gasteiger partial charge >= 0.3 is 5.92 Å². The Morgan fingerprint density at radius 3 is 2.86 bits per heavy atom. The lowest BCUT2D eigenvalue weighted by atomic mass is 10.3. The first-order chi connectivity index (χ1) is 6.63. The zero-order chi connectivity index (χ0) is 10.2. The van der Waals surface area contributed by atoms with Crippen molar-refractivity contribution in [3.05, 3.63) is 36.3 Å². The molecular weight excluding hydrogens is 190 g/mol. The molecule has 3 nitrogen and oxygen atoms in total. The monoisotopic (exact) mass is 198 g/mol. The summed E-state index contributed by atoms with van der Waals surface area (Å²) in [6.07, 6.45) is 2.84. The van der Waals surface area contributed by atoms with Gasteiger partial charge in [-0.05, 0) is 12.1 Å². The Morgan fingerprint density at radius 2 is 2.21 bits per heavy atom. The molecule has 74 valence electrons. The van der Waals surface area contributed by atoms with Crippen molar-refractivity contribution in [2.75, 3.05) is 6.61 Å². The smallest absolute Gasteiger partial charge is 0.313 e. The quantitative estimate of drug-likeness (QED) is 0.792. The molecular formula is C9H8F2N2O. The molecule has 1 N–H and O–H groups in total. The maximum atomic E-state index is 13.0. The first-order valence-electron chi connectivity index (χ1n) is 4.06. The van der Waals surface area contributed by atoms with Crippen LogP contribution < -0.4 is 0 Å². The van der Waals surface area contributed by atoms with E-state index in [9.17, 15) is 8.78 Å². The highest BCUT2D eigenvalue weighted by atomic mass is 19.3. The third-order valence-corrected chi connectivity index (χ3v) is 1.94. The lowest BCUT2D eigenvalue weighted by molar-refractivity contribution is -0.0588. The second-order valence-electron chi connectivity index (χ2n) is 2.95. The summed E-state index contributed by atoms with van der Waals surface area (Å²) in [5.41, 5.74) is 0.0295. The minimum atomic E-state index is -3.27. The largest absolute Gasteiger partial charge is 0.390 e. The van der Waals surface area contributed by atoms with Crippen LogP contribution in [0.25, 0.3) is 5.65 Å². The van der Waals surface area contributed by atoms with Crippen LogP contribution in [0.2, 0.25) is 0 Å². The van der Waals surface area contributed by atoms with Crippen LogP contribution >= 0.6 is 0 Å². The fourth-order valence-electron chi connectivity index (χ4n) is 1.19. The van der Waals surface area contributed by atoms with Crippen molar-refractivity contribution in [3.63, 3.8) is 0 Å². The van der Waals surface area contributed by atoms with Gasteiger partial charge in [0.15, 0.2) is 0 Å². The standard InChI is InChI=1S/C9H8F2N2O/c10-9(11,6-14)7-5-13-4-2-1-3-8(13)12-7/h1-5,14H,6H2. The Bertz CT molecular complexity index is 420. The van der Waals surface area contributed by atoms with Gasteiger partial charge in [-0.3, -0.25) is 0 Å². The average Bonchev–Trinajstić information content (AvgIpc) is 2.61. The molecule has 0 aliphatic carbocycles. The van der Waals surface area contributed by atoms with Crippen molar-refractivity contribution < 1.29 is 13.9 Å². The van der Waals surface area contributed by atoms with E-state index in [1.807, 2.05) is 0 Å². The Morgan fingerprint density at radius 1 is 1.43 bits per heavy atom. The number of aliphatic hydroxyl groups excluding tert-OH is 1. The normalized spacial score (nSPS) is 12.2. The fourth-order valence-corrected chi connectivity index (χ4v) is 1.19. The van der Waals surface area contributed by atoms with Crippen LogP contribution in [0.3, 0.4) is 0 Å². The molecule has 0 saturated heterocycles. The molecule has 0 spiro atoms. The van der Waals surface area contributed by atoms with Crippen LogP contribution in [0, 0.1) is 0 Å². The summed E-state index contributed by atoms with van der Waals surface area (Å²) >= 11 is 0. The van der Waals surface area contributed by atoms with Crippen LogP contribution in [-0.2, 0) is 5.92 Å². The number of hydrogen-bond acceptors (Lipinski definition) is 2. The van der Waals surface area contributed by atoms with Gasteiger partial charge in [0.2, 0.25) is 0 Å².